The maximum Gasteiger partial charge on any atom is 0.272 e. The fourth-order valence-corrected chi connectivity index (χ4v) is 3.60. The second kappa shape index (κ2) is 6.65. The summed E-state index contributed by atoms with van der Waals surface area (Å²) in [7, 11) is 0. The first-order valence-electron chi connectivity index (χ1n) is 8.99. The van der Waals surface area contributed by atoms with Crippen molar-refractivity contribution in [2.24, 2.45) is 5.10 Å². The number of amides is 1. The molecule has 3 heterocycles. The minimum absolute atomic E-state index is 0.426. The number of carbonyl (C=O) groups is 1. The molecule has 8 heteroatoms. The van der Waals surface area contributed by atoms with Crippen LogP contribution in [0.3, 0.4) is 0 Å². The minimum atomic E-state index is -0.927. The molecule has 0 unspecified atom stereocenters. The first-order valence-corrected chi connectivity index (χ1v) is 8.99. The summed E-state index contributed by atoms with van der Waals surface area (Å²) in [4.78, 5) is 12.7. The summed E-state index contributed by atoms with van der Waals surface area (Å²) >= 11 is 0. The number of fused-ring (bicyclic) bond motifs is 3. The molecule has 8 nitrogen and oxygen atoms in total. The van der Waals surface area contributed by atoms with E-state index in [0.717, 1.165) is 5.56 Å². The lowest BCUT2D eigenvalue weighted by molar-refractivity contribution is -0.231. The van der Waals surface area contributed by atoms with Crippen molar-refractivity contribution in [3.8, 4) is 0 Å². The number of rotatable bonds is 3. The Kier molecular flexibility index (Phi) is 4.56. The molecule has 0 bridgehead atoms. The highest BCUT2D eigenvalue weighted by atomic mass is 16.9. The molecule has 4 rings (SSSR count). The SMILES string of the molecule is CC1(C)O[C@H]2[C@@H](O1)[C@H](C(=O)N/N=C\c1ccccc1)O[C@@H]1OC(C)(C)O[C@@H]12. The van der Waals surface area contributed by atoms with E-state index in [0.29, 0.717) is 0 Å². The largest absolute Gasteiger partial charge is 0.342 e. The summed E-state index contributed by atoms with van der Waals surface area (Å²) in [6.07, 6.45) is -1.64. The fraction of sp³-hybridized carbons (Fsp3) is 0.579. The summed E-state index contributed by atoms with van der Waals surface area (Å²) in [5.41, 5.74) is 3.39. The van der Waals surface area contributed by atoms with E-state index in [1.165, 1.54) is 0 Å². The normalized spacial score (nSPS) is 36.4. The molecule has 1 N–H and O–H groups in total. The molecular formula is C19H24N2O6. The highest BCUT2D eigenvalue weighted by Gasteiger charge is 2.62. The molecule has 3 saturated heterocycles. The van der Waals surface area contributed by atoms with Crippen LogP contribution >= 0.6 is 0 Å². The van der Waals surface area contributed by atoms with Crippen LogP contribution in [0.2, 0.25) is 0 Å². The molecule has 3 aliphatic heterocycles. The number of ether oxygens (including phenoxy) is 5. The van der Waals surface area contributed by atoms with Crippen LogP contribution in [0.1, 0.15) is 33.3 Å². The molecule has 0 aliphatic carbocycles. The van der Waals surface area contributed by atoms with E-state index < -0.39 is 48.2 Å². The van der Waals surface area contributed by atoms with Gasteiger partial charge < -0.3 is 23.7 Å². The average molecular weight is 376 g/mol. The molecule has 1 aromatic carbocycles. The highest BCUT2D eigenvalue weighted by molar-refractivity contribution is 5.85. The third-order valence-corrected chi connectivity index (χ3v) is 4.60. The summed E-state index contributed by atoms with van der Waals surface area (Å²) in [5.74, 6) is -2.10. The number of nitrogens with zero attached hydrogens (tertiary/aromatic N) is 1. The maximum absolute atomic E-state index is 12.7. The van der Waals surface area contributed by atoms with Crippen molar-refractivity contribution in [2.75, 3.05) is 0 Å². The number of hydrogen-bond donors (Lipinski definition) is 1. The lowest BCUT2D eigenvalue weighted by Crippen LogP contribution is -2.59. The van der Waals surface area contributed by atoms with Crippen molar-refractivity contribution in [1.29, 1.82) is 0 Å². The second-order valence-corrected chi connectivity index (χ2v) is 7.73. The third kappa shape index (κ3) is 3.76. The van der Waals surface area contributed by atoms with Crippen molar-refractivity contribution in [3.63, 3.8) is 0 Å². The van der Waals surface area contributed by atoms with E-state index >= 15 is 0 Å². The average Bonchev–Trinajstić information content (AvgIpc) is 3.09. The monoisotopic (exact) mass is 376 g/mol. The molecule has 0 saturated carbocycles. The summed E-state index contributed by atoms with van der Waals surface area (Å²) < 4.78 is 29.5. The van der Waals surface area contributed by atoms with Crippen LogP contribution in [-0.4, -0.2) is 54.4 Å². The van der Waals surface area contributed by atoms with Crippen LogP contribution in [-0.2, 0) is 28.5 Å². The molecular weight excluding hydrogens is 352 g/mol. The number of nitrogens with one attached hydrogen (secondary N) is 1. The van der Waals surface area contributed by atoms with Crippen LogP contribution < -0.4 is 5.43 Å². The minimum Gasteiger partial charge on any atom is -0.342 e. The van der Waals surface area contributed by atoms with Crippen LogP contribution in [0, 0.1) is 0 Å². The van der Waals surface area contributed by atoms with E-state index in [1.807, 2.05) is 30.3 Å². The molecule has 0 radical (unpaired) electrons. The van der Waals surface area contributed by atoms with Gasteiger partial charge in [0.25, 0.3) is 5.91 Å². The Morgan fingerprint density at radius 2 is 1.59 bits per heavy atom. The van der Waals surface area contributed by atoms with Gasteiger partial charge >= 0.3 is 0 Å². The molecule has 0 spiro atoms. The maximum atomic E-state index is 12.7. The Balaban J connectivity index is 1.49. The standard InChI is InChI=1S/C19H24N2O6/c1-18(2)24-12-13(25-18)15-17(27-19(3,4)26-15)23-14(12)16(22)21-20-10-11-8-6-5-7-9-11/h5-10,12-15,17H,1-4H3,(H,21,22)/b20-10-/t12-,13+,14-,15-,17-/m1/s1. The smallest absolute Gasteiger partial charge is 0.272 e. The van der Waals surface area contributed by atoms with E-state index in [4.69, 9.17) is 23.7 Å². The molecule has 3 fully saturated rings. The Morgan fingerprint density at radius 3 is 2.33 bits per heavy atom. The van der Waals surface area contributed by atoms with E-state index in [9.17, 15) is 4.79 Å². The first-order chi connectivity index (χ1) is 12.7. The molecule has 5 atom stereocenters. The van der Waals surface area contributed by atoms with Crippen LogP contribution in [0.25, 0.3) is 0 Å². The van der Waals surface area contributed by atoms with Gasteiger partial charge in [-0.3, -0.25) is 4.79 Å². The summed E-state index contributed by atoms with van der Waals surface area (Å²) in [6.45, 7) is 7.18. The van der Waals surface area contributed by atoms with Gasteiger partial charge in [0, 0.05) is 0 Å². The predicted octanol–water partition coefficient (Wildman–Crippen LogP) is 1.53. The number of hydrogen-bond acceptors (Lipinski definition) is 7. The van der Waals surface area contributed by atoms with Crippen molar-refractivity contribution in [2.45, 2.75) is 70.0 Å². The molecule has 1 aromatic rings. The van der Waals surface area contributed by atoms with Gasteiger partial charge in [-0.05, 0) is 33.3 Å². The number of hydrazone groups is 1. The Bertz CT molecular complexity index is 735. The van der Waals surface area contributed by atoms with Gasteiger partial charge in [0.05, 0.1) is 6.21 Å². The van der Waals surface area contributed by atoms with Gasteiger partial charge in [-0.25, -0.2) is 5.43 Å². The van der Waals surface area contributed by atoms with Crippen molar-refractivity contribution >= 4 is 12.1 Å². The molecule has 3 aliphatic rings. The van der Waals surface area contributed by atoms with Crippen LogP contribution in [0.15, 0.2) is 35.4 Å². The lowest BCUT2D eigenvalue weighted by atomic mass is 9.98. The van der Waals surface area contributed by atoms with Crippen molar-refractivity contribution in [1.82, 2.24) is 5.43 Å². The Hall–Kier alpha value is -1.84. The third-order valence-electron chi connectivity index (χ3n) is 4.60. The van der Waals surface area contributed by atoms with Gasteiger partial charge in [0.1, 0.15) is 18.3 Å². The Labute approximate surface area is 157 Å². The van der Waals surface area contributed by atoms with Gasteiger partial charge in [0.15, 0.2) is 24.0 Å². The van der Waals surface area contributed by atoms with Crippen molar-refractivity contribution in [3.05, 3.63) is 35.9 Å². The van der Waals surface area contributed by atoms with Crippen LogP contribution in [0.5, 0.6) is 0 Å². The number of benzene rings is 1. The zero-order chi connectivity index (χ0) is 19.2. The van der Waals surface area contributed by atoms with E-state index in [1.54, 1.807) is 33.9 Å². The predicted molar refractivity (Wildman–Crippen MR) is 94.7 cm³/mol. The Morgan fingerprint density at radius 1 is 0.963 bits per heavy atom. The van der Waals surface area contributed by atoms with Crippen LogP contribution in [0.4, 0.5) is 0 Å². The fourth-order valence-electron chi connectivity index (χ4n) is 3.60. The number of carbonyl (C=O) groups excluding carboxylic acids is 1. The topological polar surface area (TPSA) is 87.6 Å². The highest BCUT2D eigenvalue weighted by Crippen LogP contribution is 2.44. The molecule has 146 valence electrons. The van der Waals surface area contributed by atoms with E-state index in [-0.39, 0.29) is 0 Å². The molecule has 0 aromatic heterocycles. The summed E-state index contributed by atoms with van der Waals surface area (Å²) in [5, 5.41) is 4.01. The van der Waals surface area contributed by atoms with Gasteiger partial charge in [-0.1, -0.05) is 30.3 Å². The second-order valence-electron chi connectivity index (χ2n) is 7.73. The zero-order valence-electron chi connectivity index (χ0n) is 15.7. The molecule has 27 heavy (non-hydrogen) atoms. The van der Waals surface area contributed by atoms with Gasteiger partial charge in [0.2, 0.25) is 0 Å². The summed E-state index contributed by atoms with van der Waals surface area (Å²) in [6, 6.07) is 9.46. The van der Waals surface area contributed by atoms with Gasteiger partial charge in [-0.15, -0.1) is 0 Å². The van der Waals surface area contributed by atoms with Crippen molar-refractivity contribution < 1.29 is 28.5 Å². The van der Waals surface area contributed by atoms with Gasteiger partial charge in [-0.2, -0.15) is 5.10 Å². The zero-order valence-corrected chi connectivity index (χ0v) is 15.7. The van der Waals surface area contributed by atoms with E-state index in [2.05, 4.69) is 10.5 Å². The first kappa shape index (κ1) is 18.5. The molecule has 1 amide bonds. The lowest BCUT2D eigenvalue weighted by Gasteiger charge is -2.36. The quantitative estimate of drug-likeness (QED) is 0.636.